The molecule has 0 aliphatic carbocycles. The Morgan fingerprint density at radius 2 is 2.00 bits per heavy atom. The molecule has 1 amide bonds. The highest BCUT2D eigenvalue weighted by Gasteiger charge is 2.28. The van der Waals surface area contributed by atoms with Crippen LogP contribution in [0.2, 0.25) is 0 Å². The minimum atomic E-state index is -0.198. The van der Waals surface area contributed by atoms with E-state index in [1.54, 1.807) is 11.8 Å². The lowest BCUT2D eigenvalue weighted by molar-refractivity contribution is -0.151. The molecular weight excluding hydrogens is 322 g/mol. The zero-order chi connectivity index (χ0) is 18.2. The summed E-state index contributed by atoms with van der Waals surface area (Å²) in [5.41, 5.74) is 0.571. The second kappa shape index (κ2) is 9.34. The van der Waals surface area contributed by atoms with E-state index in [1.807, 2.05) is 0 Å². The van der Waals surface area contributed by atoms with Crippen molar-refractivity contribution in [3.05, 3.63) is 28.4 Å². The highest BCUT2D eigenvalue weighted by molar-refractivity contribution is 5.77. The Kier molecular flexibility index (Phi) is 7.16. The Labute approximate surface area is 148 Å². The molecule has 2 heterocycles. The average molecular weight is 349 g/mol. The molecule has 0 bridgehead atoms. The number of unbranched alkanes of at least 4 members (excludes halogenated alkanes) is 1. The first kappa shape index (κ1) is 19.1. The maximum atomic E-state index is 12.4. The maximum Gasteiger partial charge on any atom is 0.309 e. The third-order valence-corrected chi connectivity index (χ3v) is 4.50. The van der Waals surface area contributed by atoms with Crippen LogP contribution in [0.4, 0.5) is 0 Å². The van der Waals surface area contributed by atoms with E-state index < -0.39 is 0 Å². The fraction of sp³-hybridized carbons (Fsp3) is 0.667. The summed E-state index contributed by atoms with van der Waals surface area (Å²) in [5, 5.41) is 0. The van der Waals surface area contributed by atoms with Gasteiger partial charge in [0.15, 0.2) is 0 Å². The summed E-state index contributed by atoms with van der Waals surface area (Å²) < 4.78 is 6.37. The smallest absolute Gasteiger partial charge is 0.309 e. The van der Waals surface area contributed by atoms with Gasteiger partial charge in [-0.1, -0.05) is 13.3 Å². The molecule has 0 N–H and O–H groups in total. The van der Waals surface area contributed by atoms with Crippen LogP contribution >= 0.6 is 0 Å². The molecule has 138 valence electrons. The van der Waals surface area contributed by atoms with Crippen molar-refractivity contribution in [2.45, 2.75) is 52.5 Å². The van der Waals surface area contributed by atoms with Crippen LogP contribution in [0, 0.1) is 5.92 Å². The fourth-order valence-corrected chi connectivity index (χ4v) is 2.95. The molecule has 0 unspecified atom stereocenters. The molecule has 1 saturated heterocycles. The van der Waals surface area contributed by atoms with E-state index in [-0.39, 0.29) is 29.9 Å². The van der Waals surface area contributed by atoms with Crippen molar-refractivity contribution >= 4 is 11.9 Å². The zero-order valence-electron chi connectivity index (χ0n) is 15.1. The Hall–Kier alpha value is -2.18. The number of aryl methyl sites for hydroxylation is 1. The summed E-state index contributed by atoms with van der Waals surface area (Å²) >= 11 is 0. The van der Waals surface area contributed by atoms with Crippen molar-refractivity contribution in [2.75, 3.05) is 19.7 Å². The van der Waals surface area contributed by atoms with Crippen LogP contribution in [-0.2, 0) is 27.3 Å². The number of likely N-dealkylation sites (tertiary alicyclic amines) is 1. The molecular formula is C18H27N3O4. The van der Waals surface area contributed by atoms with Crippen molar-refractivity contribution in [1.82, 2.24) is 14.5 Å². The van der Waals surface area contributed by atoms with Gasteiger partial charge in [-0.25, -0.2) is 4.98 Å². The van der Waals surface area contributed by atoms with Crippen LogP contribution in [0.3, 0.4) is 0 Å². The second-order valence-electron chi connectivity index (χ2n) is 6.36. The second-order valence-corrected chi connectivity index (χ2v) is 6.36. The van der Waals surface area contributed by atoms with E-state index in [2.05, 4.69) is 11.9 Å². The van der Waals surface area contributed by atoms with Crippen LogP contribution in [0.15, 0.2) is 17.2 Å². The van der Waals surface area contributed by atoms with Crippen molar-refractivity contribution in [2.24, 2.45) is 5.92 Å². The molecule has 2 rings (SSSR count). The first-order valence-corrected chi connectivity index (χ1v) is 9.04. The lowest BCUT2D eigenvalue weighted by Gasteiger charge is -2.31. The van der Waals surface area contributed by atoms with E-state index in [9.17, 15) is 14.4 Å². The van der Waals surface area contributed by atoms with Crippen molar-refractivity contribution in [3.8, 4) is 0 Å². The number of ether oxygens (including phenoxy) is 1. The zero-order valence-corrected chi connectivity index (χ0v) is 15.1. The number of carbonyl (C=O) groups is 2. The van der Waals surface area contributed by atoms with Gasteiger partial charge in [-0.05, 0) is 32.6 Å². The monoisotopic (exact) mass is 349 g/mol. The topological polar surface area (TPSA) is 81.5 Å². The molecule has 0 spiro atoms. The summed E-state index contributed by atoms with van der Waals surface area (Å²) in [5.74, 6) is -0.434. The number of amides is 1. The Morgan fingerprint density at radius 3 is 2.60 bits per heavy atom. The summed E-state index contributed by atoms with van der Waals surface area (Å²) in [4.78, 5) is 42.2. The molecule has 7 heteroatoms. The van der Waals surface area contributed by atoms with Crippen LogP contribution in [-0.4, -0.2) is 46.0 Å². The molecule has 0 aromatic carbocycles. The predicted octanol–water partition coefficient (Wildman–Crippen LogP) is 1.39. The molecule has 1 aliphatic heterocycles. The van der Waals surface area contributed by atoms with E-state index in [0.717, 1.165) is 25.0 Å². The van der Waals surface area contributed by atoms with Crippen LogP contribution in [0.25, 0.3) is 0 Å². The van der Waals surface area contributed by atoms with Gasteiger partial charge in [-0.2, -0.15) is 0 Å². The molecule has 7 nitrogen and oxygen atoms in total. The minimum Gasteiger partial charge on any atom is -0.466 e. The van der Waals surface area contributed by atoms with E-state index in [4.69, 9.17) is 4.74 Å². The number of aromatic nitrogens is 2. The Bertz CT molecular complexity index is 648. The van der Waals surface area contributed by atoms with Gasteiger partial charge in [0.25, 0.3) is 5.56 Å². The third-order valence-electron chi connectivity index (χ3n) is 4.50. The SMILES string of the molecule is CCCCc1cc(=O)n(CC(=O)N2CCC(C(=O)OCC)CC2)cn1. The lowest BCUT2D eigenvalue weighted by atomic mass is 9.97. The number of rotatable bonds is 7. The summed E-state index contributed by atoms with van der Waals surface area (Å²) in [6.45, 7) is 5.27. The number of hydrogen-bond donors (Lipinski definition) is 0. The van der Waals surface area contributed by atoms with Gasteiger partial charge >= 0.3 is 5.97 Å². The van der Waals surface area contributed by atoms with Crippen molar-refractivity contribution in [3.63, 3.8) is 0 Å². The van der Waals surface area contributed by atoms with Gasteiger partial charge in [0.2, 0.25) is 5.91 Å². The highest BCUT2D eigenvalue weighted by Crippen LogP contribution is 2.18. The molecule has 0 atom stereocenters. The summed E-state index contributed by atoms with van der Waals surface area (Å²) in [7, 11) is 0. The minimum absolute atomic E-state index is 0.00996. The molecule has 0 saturated carbocycles. The molecule has 1 aromatic heterocycles. The van der Waals surface area contributed by atoms with Gasteiger partial charge in [0.1, 0.15) is 6.54 Å². The van der Waals surface area contributed by atoms with Gasteiger partial charge in [-0.15, -0.1) is 0 Å². The lowest BCUT2D eigenvalue weighted by Crippen LogP contribution is -2.43. The third kappa shape index (κ3) is 5.41. The number of carbonyl (C=O) groups excluding carboxylic acids is 2. The molecule has 0 radical (unpaired) electrons. The number of esters is 1. The largest absolute Gasteiger partial charge is 0.466 e. The predicted molar refractivity (Wildman–Crippen MR) is 93.0 cm³/mol. The molecule has 1 aliphatic rings. The van der Waals surface area contributed by atoms with Crippen LogP contribution < -0.4 is 5.56 Å². The van der Waals surface area contributed by atoms with E-state index >= 15 is 0 Å². The van der Waals surface area contributed by atoms with Gasteiger partial charge in [-0.3, -0.25) is 19.0 Å². The first-order valence-electron chi connectivity index (χ1n) is 9.04. The molecule has 1 fully saturated rings. The van der Waals surface area contributed by atoms with E-state index in [0.29, 0.717) is 32.5 Å². The number of piperidine rings is 1. The van der Waals surface area contributed by atoms with E-state index in [1.165, 1.54) is 17.0 Å². The molecule has 1 aromatic rings. The number of nitrogens with zero attached hydrogens (tertiary/aromatic N) is 3. The van der Waals surface area contributed by atoms with Crippen LogP contribution in [0.5, 0.6) is 0 Å². The average Bonchev–Trinajstić information content (AvgIpc) is 2.62. The summed E-state index contributed by atoms with van der Waals surface area (Å²) in [6, 6.07) is 1.51. The van der Waals surface area contributed by atoms with Gasteiger partial charge in [0.05, 0.1) is 18.9 Å². The maximum absolute atomic E-state index is 12.4. The molecule has 25 heavy (non-hydrogen) atoms. The normalized spacial score (nSPS) is 15.2. The standard InChI is InChI=1S/C18H27N3O4/c1-3-5-6-15-11-16(22)21(13-19-15)12-17(23)20-9-7-14(8-10-20)18(24)25-4-2/h11,13-14H,3-10,12H2,1-2H3. The Balaban J connectivity index is 1.88. The fourth-order valence-electron chi connectivity index (χ4n) is 2.95. The quantitative estimate of drug-likeness (QED) is 0.695. The van der Waals surface area contributed by atoms with Crippen molar-refractivity contribution < 1.29 is 14.3 Å². The summed E-state index contributed by atoms with van der Waals surface area (Å²) in [6.07, 6.45) is 5.48. The highest BCUT2D eigenvalue weighted by atomic mass is 16.5. The van der Waals surface area contributed by atoms with Crippen molar-refractivity contribution in [1.29, 1.82) is 0 Å². The Morgan fingerprint density at radius 1 is 1.28 bits per heavy atom. The van der Waals surface area contributed by atoms with Gasteiger partial charge in [0, 0.05) is 24.8 Å². The van der Waals surface area contributed by atoms with Crippen LogP contribution in [0.1, 0.15) is 45.2 Å². The van der Waals surface area contributed by atoms with Gasteiger partial charge < -0.3 is 9.64 Å². The number of hydrogen-bond acceptors (Lipinski definition) is 5. The first-order chi connectivity index (χ1) is 12.0.